The molecule has 0 unspecified atom stereocenters. The minimum Gasteiger partial charge on any atom is -0.343 e. The van der Waals surface area contributed by atoms with Crippen molar-refractivity contribution in [3.63, 3.8) is 0 Å². The Bertz CT molecular complexity index is 690. The first kappa shape index (κ1) is 17.2. The predicted molar refractivity (Wildman–Crippen MR) is 86.1 cm³/mol. The van der Waals surface area contributed by atoms with Crippen molar-refractivity contribution >= 4 is 27.7 Å². The van der Waals surface area contributed by atoms with Crippen molar-refractivity contribution in [1.82, 2.24) is 15.1 Å². The number of carbonyl (C=O) groups excluding carboxylic acids is 2. The molecule has 0 bridgehead atoms. The highest BCUT2D eigenvalue weighted by atomic mass is 32.2. The number of amides is 2. The Kier molecular flexibility index (Phi) is 5.19. The number of rotatable bonds is 5. The van der Waals surface area contributed by atoms with Gasteiger partial charge in [-0.3, -0.25) is 9.59 Å². The minimum absolute atomic E-state index is 0.0684. The average Bonchev–Trinajstić information content (AvgIpc) is 2.52. The highest BCUT2D eigenvalue weighted by Gasteiger charge is 2.25. The zero-order chi connectivity index (χ0) is 17.0. The van der Waals surface area contributed by atoms with E-state index in [0.717, 1.165) is 0 Å². The molecule has 2 heterocycles. The fraction of sp³-hybridized carbons (Fsp3) is 0.500. The summed E-state index contributed by atoms with van der Waals surface area (Å²) in [4.78, 5) is 27.2. The number of fused-ring (bicyclic) bond motifs is 1. The van der Waals surface area contributed by atoms with Gasteiger partial charge in [0.15, 0.2) is 0 Å². The Morgan fingerprint density at radius 2 is 2.00 bits per heavy atom. The second kappa shape index (κ2) is 6.95. The molecule has 2 amide bonds. The van der Waals surface area contributed by atoms with Gasteiger partial charge in [-0.1, -0.05) is 0 Å². The van der Waals surface area contributed by atoms with Crippen LogP contribution in [-0.2, 0) is 19.6 Å². The Morgan fingerprint density at radius 3 is 2.65 bits per heavy atom. The largest absolute Gasteiger partial charge is 0.343 e. The standard InChI is InChI=1S/C14H20N4O4S/c1-3-17(4-2)13(19)9-15-14(20)11-5-6-12-16-23(21,22)8-7-18(12)10-11/h5-6,10H,3-4,7-9H2,1-2H3,(H,15,20). The molecule has 2 aliphatic rings. The van der Waals surface area contributed by atoms with Crippen LogP contribution in [0.2, 0.25) is 0 Å². The molecule has 2 rings (SSSR count). The smallest absolute Gasteiger partial charge is 0.256 e. The topological polar surface area (TPSA) is 99.1 Å². The van der Waals surface area contributed by atoms with Crippen LogP contribution in [0.3, 0.4) is 0 Å². The molecule has 0 aromatic carbocycles. The highest BCUT2D eigenvalue weighted by Crippen LogP contribution is 2.15. The van der Waals surface area contributed by atoms with Gasteiger partial charge in [0.2, 0.25) is 5.91 Å². The molecule has 0 spiro atoms. The summed E-state index contributed by atoms with van der Waals surface area (Å²) in [6, 6.07) is 0. The van der Waals surface area contributed by atoms with Crippen molar-refractivity contribution in [2.45, 2.75) is 13.8 Å². The molecule has 23 heavy (non-hydrogen) atoms. The number of nitrogens with zero attached hydrogens (tertiary/aromatic N) is 3. The Hall–Kier alpha value is -2.16. The van der Waals surface area contributed by atoms with Crippen LogP contribution in [0.25, 0.3) is 0 Å². The lowest BCUT2D eigenvalue weighted by molar-refractivity contribution is -0.131. The molecule has 9 heteroatoms. The van der Waals surface area contributed by atoms with E-state index in [9.17, 15) is 18.0 Å². The summed E-state index contributed by atoms with van der Waals surface area (Å²) in [6.45, 7) is 5.12. The van der Waals surface area contributed by atoms with E-state index in [1.165, 1.54) is 12.2 Å². The molecule has 0 saturated carbocycles. The maximum Gasteiger partial charge on any atom is 0.256 e. The molecule has 0 radical (unpaired) electrons. The van der Waals surface area contributed by atoms with Gasteiger partial charge in [0.25, 0.3) is 15.9 Å². The van der Waals surface area contributed by atoms with Gasteiger partial charge in [0.05, 0.1) is 17.9 Å². The van der Waals surface area contributed by atoms with Crippen LogP contribution in [0.4, 0.5) is 0 Å². The van der Waals surface area contributed by atoms with Gasteiger partial charge in [-0.05, 0) is 26.0 Å². The van der Waals surface area contributed by atoms with E-state index in [-0.39, 0.29) is 30.7 Å². The first-order valence-corrected chi connectivity index (χ1v) is 9.02. The van der Waals surface area contributed by atoms with E-state index < -0.39 is 10.0 Å². The van der Waals surface area contributed by atoms with Gasteiger partial charge < -0.3 is 15.1 Å². The molecule has 0 fully saturated rings. The minimum atomic E-state index is -3.41. The molecule has 126 valence electrons. The second-order valence-corrected chi connectivity index (χ2v) is 6.85. The second-order valence-electron chi connectivity index (χ2n) is 5.10. The summed E-state index contributed by atoms with van der Waals surface area (Å²) in [6.07, 6.45) is 4.52. The lowest BCUT2D eigenvalue weighted by Crippen LogP contribution is -2.41. The van der Waals surface area contributed by atoms with Crippen molar-refractivity contribution in [2.24, 2.45) is 4.40 Å². The van der Waals surface area contributed by atoms with Crippen molar-refractivity contribution in [3.8, 4) is 0 Å². The maximum atomic E-state index is 12.1. The third-order valence-electron chi connectivity index (χ3n) is 3.60. The van der Waals surface area contributed by atoms with Crippen LogP contribution in [-0.4, -0.2) is 67.8 Å². The number of amidine groups is 1. The Labute approximate surface area is 135 Å². The van der Waals surface area contributed by atoms with E-state index in [0.29, 0.717) is 24.5 Å². The number of likely N-dealkylation sites (N-methyl/N-ethyl adjacent to an activating group) is 1. The van der Waals surface area contributed by atoms with Gasteiger partial charge in [-0.2, -0.15) is 0 Å². The number of nitrogens with one attached hydrogen (secondary N) is 1. The maximum absolute atomic E-state index is 12.1. The zero-order valence-electron chi connectivity index (χ0n) is 13.2. The fourth-order valence-corrected chi connectivity index (χ4v) is 3.25. The number of carbonyl (C=O) groups is 2. The molecular weight excluding hydrogens is 320 g/mol. The van der Waals surface area contributed by atoms with Crippen molar-refractivity contribution < 1.29 is 18.0 Å². The molecule has 0 saturated heterocycles. The molecule has 2 aliphatic heterocycles. The SMILES string of the molecule is CCN(CC)C(=O)CNC(=O)C1=CN2CCS(=O)(=O)N=C2C=C1. The highest BCUT2D eigenvalue weighted by molar-refractivity contribution is 7.90. The van der Waals surface area contributed by atoms with E-state index in [2.05, 4.69) is 9.71 Å². The lowest BCUT2D eigenvalue weighted by atomic mass is 10.2. The third-order valence-corrected chi connectivity index (χ3v) is 4.77. The number of hydrogen-bond donors (Lipinski definition) is 1. The van der Waals surface area contributed by atoms with Crippen molar-refractivity contribution in [3.05, 3.63) is 23.9 Å². The van der Waals surface area contributed by atoms with Crippen molar-refractivity contribution in [2.75, 3.05) is 31.9 Å². The summed E-state index contributed by atoms with van der Waals surface area (Å²) < 4.78 is 26.5. The Balaban J connectivity index is 1.99. The van der Waals surface area contributed by atoms with Gasteiger partial charge in [0, 0.05) is 25.8 Å². The normalized spacial score (nSPS) is 18.6. The fourth-order valence-electron chi connectivity index (χ4n) is 2.28. The van der Waals surface area contributed by atoms with Crippen molar-refractivity contribution in [1.29, 1.82) is 0 Å². The van der Waals surface area contributed by atoms with Crippen LogP contribution >= 0.6 is 0 Å². The molecule has 0 aromatic heterocycles. The van der Waals surface area contributed by atoms with Crippen LogP contribution < -0.4 is 5.32 Å². The molecule has 0 atom stereocenters. The van der Waals surface area contributed by atoms with Crippen LogP contribution in [0, 0.1) is 0 Å². The predicted octanol–water partition coefficient (Wildman–Crippen LogP) is -0.531. The van der Waals surface area contributed by atoms with Gasteiger partial charge in [0.1, 0.15) is 5.84 Å². The molecule has 1 N–H and O–H groups in total. The summed E-state index contributed by atoms with van der Waals surface area (Å²) in [5, 5.41) is 2.58. The van der Waals surface area contributed by atoms with Gasteiger partial charge >= 0.3 is 0 Å². The summed E-state index contributed by atoms with van der Waals surface area (Å²) >= 11 is 0. The van der Waals surface area contributed by atoms with E-state index in [4.69, 9.17) is 0 Å². The van der Waals surface area contributed by atoms with E-state index in [1.807, 2.05) is 13.8 Å². The first-order chi connectivity index (χ1) is 10.9. The van der Waals surface area contributed by atoms with Crippen LogP contribution in [0.1, 0.15) is 13.8 Å². The third kappa shape index (κ3) is 4.19. The average molecular weight is 340 g/mol. The lowest BCUT2D eigenvalue weighted by Gasteiger charge is -2.27. The van der Waals surface area contributed by atoms with Gasteiger partial charge in [-0.25, -0.2) is 8.42 Å². The number of hydrogen-bond acceptors (Lipinski definition) is 5. The summed E-state index contributed by atoms with van der Waals surface area (Å²) in [7, 11) is -3.41. The molecule has 8 nitrogen and oxygen atoms in total. The monoisotopic (exact) mass is 340 g/mol. The summed E-state index contributed by atoms with van der Waals surface area (Å²) in [5.74, 6) is -0.313. The van der Waals surface area contributed by atoms with Gasteiger partial charge in [-0.15, -0.1) is 4.40 Å². The quantitative estimate of drug-likeness (QED) is 0.725. The molecule has 0 aliphatic carbocycles. The number of sulfonamides is 1. The molecule has 0 aromatic rings. The Morgan fingerprint density at radius 1 is 1.30 bits per heavy atom. The van der Waals surface area contributed by atoms with Crippen LogP contribution in [0.15, 0.2) is 28.3 Å². The van der Waals surface area contributed by atoms with E-state index >= 15 is 0 Å². The summed E-state index contributed by atoms with van der Waals surface area (Å²) in [5.41, 5.74) is 0.357. The van der Waals surface area contributed by atoms with Crippen LogP contribution in [0.5, 0.6) is 0 Å². The molecular formula is C14H20N4O4S. The van der Waals surface area contributed by atoms with E-state index in [1.54, 1.807) is 16.0 Å². The first-order valence-electron chi connectivity index (χ1n) is 7.41. The zero-order valence-corrected chi connectivity index (χ0v) is 14.0.